The molecule has 0 amide bonds. The number of nitrogens with zero attached hydrogens (tertiary/aromatic N) is 2. The summed E-state index contributed by atoms with van der Waals surface area (Å²) in [5.74, 6) is 0.953. The van der Waals surface area contributed by atoms with Gasteiger partial charge in [-0.1, -0.05) is 54.6 Å². The Morgan fingerprint density at radius 1 is 0.970 bits per heavy atom. The van der Waals surface area contributed by atoms with E-state index in [2.05, 4.69) is 34.6 Å². The van der Waals surface area contributed by atoms with Gasteiger partial charge < -0.3 is 14.0 Å². The Morgan fingerprint density at radius 2 is 1.73 bits per heavy atom. The van der Waals surface area contributed by atoms with Gasteiger partial charge in [-0.15, -0.1) is 0 Å². The summed E-state index contributed by atoms with van der Waals surface area (Å²) in [7, 11) is 0. The number of fused-ring (bicyclic) bond motifs is 1. The second-order valence-electron chi connectivity index (χ2n) is 9.05. The SMILES string of the molecule is Cc1c(C(=O)c2cccc3ccccc23)c2cccc3c2n1[C@@H](CCN1CCOCC1)CO3. The van der Waals surface area contributed by atoms with E-state index >= 15 is 0 Å². The van der Waals surface area contributed by atoms with E-state index < -0.39 is 0 Å². The quantitative estimate of drug-likeness (QED) is 0.410. The summed E-state index contributed by atoms with van der Waals surface area (Å²) in [6, 6.07) is 20.4. The first-order valence-electron chi connectivity index (χ1n) is 11.8. The summed E-state index contributed by atoms with van der Waals surface area (Å²) in [5, 5.41) is 3.07. The van der Waals surface area contributed by atoms with Gasteiger partial charge in [-0.25, -0.2) is 0 Å². The number of carbonyl (C=O) groups is 1. The molecule has 3 aromatic carbocycles. The Morgan fingerprint density at radius 3 is 2.61 bits per heavy atom. The lowest BCUT2D eigenvalue weighted by Gasteiger charge is -2.31. The van der Waals surface area contributed by atoms with Crippen molar-refractivity contribution in [1.29, 1.82) is 0 Å². The molecule has 1 saturated heterocycles. The van der Waals surface area contributed by atoms with Gasteiger partial charge in [0.1, 0.15) is 12.4 Å². The number of hydrogen-bond donors (Lipinski definition) is 0. The van der Waals surface area contributed by atoms with Gasteiger partial charge in [-0.05, 0) is 30.2 Å². The normalized spacial score (nSPS) is 18.5. The van der Waals surface area contributed by atoms with E-state index in [0.717, 1.165) is 83.5 Å². The van der Waals surface area contributed by atoms with Crippen molar-refractivity contribution in [3.63, 3.8) is 0 Å². The molecule has 2 aliphatic rings. The maximum Gasteiger partial charge on any atom is 0.196 e. The first kappa shape index (κ1) is 20.5. The van der Waals surface area contributed by atoms with Crippen molar-refractivity contribution in [3.8, 4) is 5.75 Å². The van der Waals surface area contributed by atoms with Crippen LogP contribution in [0, 0.1) is 6.92 Å². The number of rotatable bonds is 5. The standard InChI is InChI=1S/C28H28N2O3/c1-19-26(28(31)23-9-4-7-20-6-2-3-8-22(20)23)24-10-5-11-25-27(24)30(19)21(18-33-25)12-13-29-14-16-32-17-15-29/h2-11,21H,12-18H2,1H3/t21-/m0/s1. The van der Waals surface area contributed by atoms with Crippen LogP contribution < -0.4 is 4.74 Å². The molecule has 6 rings (SSSR count). The van der Waals surface area contributed by atoms with E-state index in [1.165, 1.54) is 0 Å². The molecule has 0 unspecified atom stereocenters. The Bertz CT molecular complexity index is 1350. The fourth-order valence-electron chi connectivity index (χ4n) is 5.50. The maximum atomic E-state index is 14.0. The summed E-state index contributed by atoms with van der Waals surface area (Å²) < 4.78 is 14.1. The molecule has 33 heavy (non-hydrogen) atoms. The molecular formula is C28H28N2O3. The number of morpholine rings is 1. The van der Waals surface area contributed by atoms with E-state index in [0.29, 0.717) is 6.61 Å². The molecule has 5 heteroatoms. The molecular weight excluding hydrogens is 412 g/mol. The summed E-state index contributed by atoms with van der Waals surface area (Å²) in [6.07, 6.45) is 0.987. The molecule has 1 aromatic heterocycles. The van der Waals surface area contributed by atoms with Crippen LogP contribution >= 0.6 is 0 Å². The number of carbonyl (C=O) groups excluding carboxylic acids is 1. The topological polar surface area (TPSA) is 43.7 Å². The van der Waals surface area contributed by atoms with Crippen LogP contribution in [0.4, 0.5) is 0 Å². The zero-order valence-corrected chi connectivity index (χ0v) is 18.9. The van der Waals surface area contributed by atoms with Gasteiger partial charge >= 0.3 is 0 Å². The number of hydrogen-bond acceptors (Lipinski definition) is 4. The van der Waals surface area contributed by atoms with Crippen LogP contribution in [0.1, 0.15) is 34.1 Å². The molecule has 5 nitrogen and oxygen atoms in total. The number of benzene rings is 3. The third kappa shape index (κ3) is 3.43. The minimum atomic E-state index is 0.0824. The highest BCUT2D eigenvalue weighted by atomic mass is 16.5. The first-order valence-corrected chi connectivity index (χ1v) is 11.8. The van der Waals surface area contributed by atoms with Crippen LogP contribution in [0.3, 0.4) is 0 Å². The number of ketones is 1. The van der Waals surface area contributed by atoms with E-state index in [9.17, 15) is 4.79 Å². The lowest BCUT2D eigenvalue weighted by Crippen LogP contribution is -2.38. The lowest BCUT2D eigenvalue weighted by molar-refractivity contribution is 0.0344. The monoisotopic (exact) mass is 440 g/mol. The highest BCUT2D eigenvalue weighted by Gasteiger charge is 2.30. The van der Waals surface area contributed by atoms with Crippen LogP contribution in [0.2, 0.25) is 0 Å². The van der Waals surface area contributed by atoms with Crippen molar-refractivity contribution in [2.45, 2.75) is 19.4 Å². The summed E-state index contributed by atoms with van der Waals surface area (Å²) >= 11 is 0. The van der Waals surface area contributed by atoms with E-state index in [4.69, 9.17) is 9.47 Å². The average molecular weight is 441 g/mol. The molecule has 0 saturated carbocycles. The van der Waals surface area contributed by atoms with Gasteiger partial charge in [0.05, 0.1) is 30.3 Å². The van der Waals surface area contributed by atoms with Gasteiger partial charge in [-0.3, -0.25) is 9.69 Å². The second kappa shape index (κ2) is 8.32. The number of para-hydroxylation sites is 1. The fraction of sp³-hybridized carbons (Fsp3) is 0.321. The Kier molecular flexibility index (Phi) is 5.16. The molecule has 168 valence electrons. The zero-order valence-electron chi connectivity index (χ0n) is 18.9. The molecule has 0 N–H and O–H groups in total. The van der Waals surface area contributed by atoms with Crippen molar-refractivity contribution in [3.05, 3.63) is 77.5 Å². The first-order chi connectivity index (χ1) is 16.2. The van der Waals surface area contributed by atoms with Crippen LogP contribution in [0.15, 0.2) is 60.7 Å². The molecule has 0 spiro atoms. The zero-order chi connectivity index (χ0) is 22.4. The molecule has 2 aliphatic heterocycles. The third-order valence-corrected chi connectivity index (χ3v) is 7.17. The van der Waals surface area contributed by atoms with E-state index in [-0.39, 0.29) is 11.8 Å². The van der Waals surface area contributed by atoms with Crippen molar-refractivity contribution < 1.29 is 14.3 Å². The fourth-order valence-corrected chi connectivity index (χ4v) is 5.50. The molecule has 1 atom stereocenters. The van der Waals surface area contributed by atoms with Crippen molar-refractivity contribution in [1.82, 2.24) is 9.47 Å². The number of ether oxygens (including phenoxy) is 2. The van der Waals surface area contributed by atoms with E-state index in [1.807, 2.05) is 42.5 Å². The van der Waals surface area contributed by atoms with Crippen LogP contribution in [-0.4, -0.2) is 54.7 Å². The highest BCUT2D eigenvalue weighted by molar-refractivity contribution is 6.22. The van der Waals surface area contributed by atoms with Gasteiger partial charge in [0.2, 0.25) is 0 Å². The Balaban J connectivity index is 1.43. The Labute approximate surface area is 193 Å². The van der Waals surface area contributed by atoms with Crippen molar-refractivity contribution in [2.75, 3.05) is 39.5 Å². The predicted molar refractivity (Wildman–Crippen MR) is 130 cm³/mol. The third-order valence-electron chi connectivity index (χ3n) is 7.17. The highest BCUT2D eigenvalue weighted by Crippen LogP contribution is 2.40. The summed E-state index contributed by atoms with van der Waals surface area (Å²) in [6.45, 7) is 7.30. The van der Waals surface area contributed by atoms with Crippen LogP contribution in [0.5, 0.6) is 5.75 Å². The second-order valence-corrected chi connectivity index (χ2v) is 9.05. The van der Waals surface area contributed by atoms with Gasteiger partial charge in [0.15, 0.2) is 5.78 Å². The van der Waals surface area contributed by atoms with Gasteiger partial charge in [0.25, 0.3) is 0 Å². The number of aromatic nitrogens is 1. The molecule has 4 aromatic rings. The van der Waals surface area contributed by atoms with Crippen molar-refractivity contribution >= 4 is 27.5 Å². The lowest BCUT2D eigenvalue weighted by atomic mass is 9.95. The molecule has 3 heterocycles. The maximum absolute atomic E-state index is 14.0. The summed E-state index contributed by atoms with van der Waals surface area (Å²) in [4.78, 5) is 16.5. The molecule has 0 radical (unpaired) electrons. The van der Waals surface area contributed by atoms with Crippen LogP contribution in [0.25, 0.3) is 21.7 Å². The van der Waals surface area contributed by atoms with Crippen molar-refractivity contribution in [2.24, 2.45) is 0 Å². The smallest absolute Gasteiger partial charge is 0.196 e. The average Bonchev–Trinajstić information content (AvgIpc) is 3.17. The Hall–Kier alpha value is -3.15. The predicted octanol–water partition coefficient (Wildman–Crippen LogP) is 4.99. The summed E-state index contributed by atoms with van der Waals surface area (Å²) in [5.41, 5.74) is 3.64. The van der Waals surface area contributed by atoms with Gasteiger partial charge in [-0.2, -0.15) is 0 Å². The molecule has 1 fully saturated rings. The minimum absolute atomic E-state index is 0.0824. The minimum Gasteiger partial charge on any atom is -0.489 e. The van der Waals surface area contributed by atoms with Crippen LogP contribution in [-0.2, 0) is 4.74 Å². The van der Waals surface area contributed by atoms with Gasteiger partial charge in [0, 0.05) is 36.3 Å². The molecule has 0 bridgehead atoms. The molecule has 0 aliphatic carbocycles. The van der Waals surface area contributed by atoms with E-state index in [1.54, 1.807) is 0 Å². The largest absolute Gasteiger partial charge is 0.489 e.